The number of nitrogens with zero attached hydrogens (tertiary/aromatic N) is 5. The predicted molar refractivity (Wildman–Crippen MR) is 351 cm³/mol. The first-order valence-electron chi connectivity index (χ1n) is 24.7. The summed E-state index contributed by atoms with van der Waals surface area (Å²) in [5.41, 5.74) is 18.4. The lowest BCUT2D eigenvalue weighted by molar-refractivity contribution is -0.114. The van der Waals surface area contributed by atoms with Crippen molar-refractivity contribution in [2.45, 2.75) is 25.7 Å². The Bertz CT molecular complexity index is 3900. The molecule has 15 heteroatoms. The van der Waals surface area contributed by atoms with Crippen LogP contribution >= 0.6 is 112 Å². The summed E-state index contributed by atoms with van der Waals surface area (Å²) < 4.78 is 11.6. The monoisotopic (exact) mass is 1470 g/mol. The van der Waals surface area contributed by atoms with Gasteiger partial charge in [-0.1, -0.05) is 135 Å². The number of carbonyl (C=O) groups excluding carboxylic acids is 1. The minimum atomic E-state index is 0.284. The van der Waals surface area contributed by atoms with E-state index in [-0.39, 0.29) is 5.78 Å². The van der Waals surface area contributed by atoms with E-state index >= 15 is 0 Å². The van der Waals surface area contributed by atoms with Gasteiger partial charge in [0.05, 0.1) is 39.1 Å². The van der Waals surface area contributed by atoms with Crippen molar-refractivity contribution in [1.82, 2.24) is 14.0 Å². The lowest BCUT2D eigenvalue weighted by Gasteiger charge is -2.27. The molecule has 1 aliphatic carbocycles. The molecule has 0 radical (unpaired) electrons. The van der Waals surface area contributed by atoms with E-state index in [4.69, 9.17) is 15.7 Å². The van der Waals surface area contributed by atoms with E-state index in [1.54, 1.807) is 6.08 Å². The van der Waals surface area contributed by atoms with E-state index in [9.17, 15) is 4.79 Å². The minimum Gasteiger partial charge on any atom is -0.398 e. The molecule has 0 saturated carbocycles. The lowest BCUT2D eigenvalue weighted by Crippen LogP contribution is -2.26. The number of nitrogen functional groups attached to an aromatic ring is 1. The van der Waals surface area contributed by atoms with Crippen molar-refractivity contribution in [1.29, 1.82) is 0 Å². The van der Waals surface area contributed by atoms with Crippen molar-refractivity contribution in [3.63, 3.8) is 0 Å². The van der Waals surface area contributed by atoms with E-state index in [0.717, 1.165) is 130 Å². The first-order chi connectivity index (χ1) is 37.9. The molecule has 0 saturated heterocycles. The van der Waals surface area contributed by atoms with Gasteiger partial charge in [0, 0.05) is 66.9 Å². The van der Waals surface area contributed by atoms with Crippen LogP contribution in [0.4, 0.5) is 34.1 Å². The highest BCUT2D eigenvalue weighted by Crippen LogP contribution is 2.41. The Morgan fingerprint density at radius 2 is 1.17 bits per heavy atom. The quantitative estimate of drug-likeness (QED) is 0.168. The van der Waals surface area contributed by atoms with Gasteiger partial charge in [-0.2, -0.15) is 0 Å². The van der Waals surface area contributed by atoms with Gasteiger partial charge >= 0.3 is 0 Å². The van der Waals surface area contributed by atoms with Crippen LogP contribution in [0.5, 0.6) is 0 Å². The molecule has 0 amide bonds. The third-order valence-corrected chi connectivity index (χ3v) is 16.6. The number of benzene rings is 9. The number of fused-ring (bicyclic) bond motifs is 6. The lowest BCUT2D eigenvalue weighted by atomic mass is 10.1. The Balaban J connectivity index is 0.000000127. The number of carbonyl (C=O) groups is 1. The Labute approximate surface area is 512 Å². The topological polar surface area (TPSA) is 92.9 Å². The number of nitrogens with one attached hydrogen (secondary N) is 1. The van der Waals surface area contributed by atoms with Gasteiger partial charge < -0.3 is 11.1 Å². The molecule has 1 aliphatic heterocycles. The zero-order valence-corrected chi connectivity index (χ0v) is 52.7. The second-order valence-corrected chi connectivity index (χ2v) is 23.7. The number of halogens is 7. The third-order valence-electron chi connectivity index (χ3n) is 12.2. The number of amidine groups is 1. The molecule has 0 spiro atoms. The van der Waals surface area contributed by atoms with Crippen LogP contribution in [0.2, 0.25) is 0 Å². The Hall–Kier alpha value is -5.91. The number of nitrogens with two attached hydrogens (primary N) is 1. The zero-order chi connectivity index (χ0) is 54.5. The molecule has 3 heterocycles. The van der Waals surface area contributed by atoms with Crippen LogP contribution < -0.4 is 16.0 Å². The number of ketones is 1. The maximum absolute atomic E-state index is 10.4. The molecule has 78 heavy (non-hydrogen) atoms. The van der Waals surface area contributed by atoms with Crippen molar-refractivity contribution >= 4 is 185 Å². The number of allylic oxidation sites excluding steroid dienone is 2. The van der Waals surface area contributed by atoms with Crippen molar-refractivity contribution in [3.8, 4) is 5.69 Å². The summed E-state index contributed by atoms with van der Waals surface area (Å²) in [5.74, 6) is 2.24. The molecule has 2 aromatic heterocycles. The average Bonchev–Trinajstić information content (AvgIpc) is 4.33. The summed E-state index contributed by atoms with van der Waals surface area (Å²) in [6.07, 6.45) is 7.33. The van der Waals surface area contributed by atoms with Crippen molar-refractivity contribution in [2.75, 3.05) is 16.0 Å². The normalized spacial score (nSPS) is 12.2. The van der Waals surface area contributed by atoms with Crippen molar-refractivity contribution in [2.24, 2.45) is 4.99 Å². The maximum Gasteiger partial charge on any atom is 0.220 e. The fourth-order valence-electron chi connectivity index (χ4n) is 8.64. The molecule has 9 aromatic carbocycles. The smallest absolute Gasteiger partial charge is 0.220 e. The Morgan fingerprint density at radius 3 is 1.82 bits per heavy atom. The van der Waals surface area contributed by atoms with Crippen molar-refractivity contribution < 1.29 is 4.79 Å². The highest BCUT2D eigenvalue weighted by Gasteiger charge is 2.25. The van der Waals surface area contributed by atoms with Gasteiger partial charge in [-0.15, -0.1) is 0 Å². The number of hydrogen-bond acceptors (Lipinski definition) is 6. The zero-order valence-electron chi connectivity index (χ0n) is 41.6. The summed E-state index contributed by atoms with van der Waals surface area (Å²) >= 11 is 24.6. The summed E-state index contributed by atoms with van der Waals surface area (Å²) in [6.45, 7) is 0. The van der Waals surface area contributed by atoms with Crippen LogP contribution in [-0.2, 0) is 11.2 Å². The van der Waals surface area contributed by atoms with Crippen LogP contribution in [0, 0.1) is 0 Å². The van der Waals surface area contributed by atoms with Gasteiger partial charge in [-0.3, -0.25) is 18.7 Å². The molecule has 13 rings (SSSR count). The van der Waals surface area contributed by atoms with Crippen LogP contribution in [0.3, 0.4) is 0 Å². The highest BCUT2D eigenvalue weighted by molar-refractivity contribution is 9.11. The second kappa shape index (κ2) is 27.3. The van der Waals surface area contributed by atoms with Crippen LogP contribution in [0.25, 0.3) is 33.5 Å². The second-order valence-electron chi connectivity index (χ2n) is 17.6. The summed E-state index contributed by atoms with van der Waals surface area (Å²) in [7, 11) is 0. The van der Waals surface area contributed by atoms with Crippen LogP contribution in [0.15, 0.2) is 261 Å². The fourth-order valence-corrected chi connectivity index (χ4v) is 11.9. The summed E-state index contributed by atoms with van der Waals surface area (Å²) in [5, 5.41) is 3.34. The molecule has 0 fully saturated rings. The van der Waals surface area contributed by atoms with E-state index in [0.29, 0.717) is 0 Å². The molecule has 390 valence electrons. The highest BCUT2D eigenvalue weighted by atomic mass is 79.9. The van der Waals surface area contributed by atoms with Crippen LogP contribution in [0.1, 0.15) is 24.8 Å². The fraction of sp³-hybridized carbons (Fsp3) is 0.0635. The first-order valence-corrected chi connectivity index (χ1v) is 30.2. The van der Waals surface area contributed by atoms with Gasteiger partial charge in [0.15, 0.2) is 5.78 Å². The summed E-state index contributed by atoms with van der Waals surface area (Å²) in [6, 6.07) is 71.5. The molecule has 11 aromatic rings. The Kier molecular flexibility index (Phi) is 19.9. The largest absolute Gasteiger partial charge is 0.398 e. The van der Waals surface area contributed by atoms with Gasteiger partial charge in [0.2, 0.25) is 5.78 Å². The number of aromatic nitrogens is 3. The molecule has 3 N–H and O–H groups in total. The average molecular weight is 1480 g/mol. The minimum absolute atomic E-state index is 0.284. The standard InChI is InChI=1S/C20H14Br2N2.C19H12BrN3.C12H9Br2N.C6H5Br2N.C6H8O/c21-16-10-6-11-17(22)20(16)24(15-8-2-1-3-9-15)19-13-14-7-4-5-12-18(14)23-19;20-14-9-6-12-17-18(14)22(13-7-2-1-3-8-13)19-21-15-10-4-5-11-16(15)23(17)19;13-9-6-7-11(14)12(8-9)15-10-4-2-1-3-5-10;7-4-1-2-5(8)6(9)3-4;7-6-4-2-1-3-5-6/h1-12H,13H2;1-12H;1-8,15H;1-3H,9H2;2,4H,1,3,5H2. The number of aliphatic imine (C=N–C) groups is 1. The predicted octanol–water partition coefficient (Wildman–Crippen LogP) is 20.9. The number of hydrogen-bond donors (Lipinski definition) is 2. The van der Waals surface area contributed by atoms with E-state index in [1.807, 2.05) is 103 Å². The first kappa shape index (κ1) is 56.8. The molecule has 2 aliphatic rings. The number of para-hydroxylation sites is 8. The van der Waals surface area contributed by atoms with Gasteiger partial charge in [0.25, 0.3) is 0 Å². The SMILES string of the molecule is Brc1ccc(Br)c(Nc2ccccc2)c1.Brc1cccc(Br)c1N(C1=Nc2ccccc2C1)c1ccccc1.Brc1cccc2c1n(-c1ccccc1)c1nc3ccccc3n21.Nc1cc(Br)ccc1Br.O=C1C=CCCC1. The number of anilines is 5. The molecule has 0 unspecified atom stereocenters. The van der Waals surface area contributed by atoms with Crippen LogP contribution in [-0.4, -0.2) is 25.6 Å². The molecule has 0 atom stereocenters. The number of imidazole rings is 2. The summed E-state index contributed by atoms with van der Waals surface area (Å²) in [4.78, 5) is 22.4. The molecular formula is C63H48Br7N7O. The molecule has 8 nitrogen and oxygen atoms in total. The maximum atomic E-state index is 10.4. The third kappa shape index (κ3) is 14.1. The van der Waals surface area contributed by atoms with Gasteiger partial charge in [-0.25, -0.2) is 9.98 Å². The Morgan fingerprint density at radius 1 is 0.564 bits per heavy atom. The van der Waals surface area contributed by atoms with E-state index in [2.05, 4.69) is 246 Å². The molecule has 0 bridgehead atoms. The molecular weight excluding hydrogens is 1430 g/mol. The van der Waals surface area contributed by atoms with Gasteiger partial charge in [-0.05, 0) is 219 Å². The number of rotatable bonds is 5. The van der Waals surface area contributed by atoms with Gasteiger partial charge in [0.1, 0.15) is 5.84 Å². The van der Waals surface area contributed by atoms with E-state index < -0.39 is 0 Å². The van der Waals surface area contributed by atoms with Crippen molar-refractivity contribution in [3.05, 3.63) is 261 Å². The van der Waals surface area contributed by atoms with E-state index in [1.165, 1.54) is 5.56 Å².